The highest BCUT2D eigenvalue weighted by Gasteiger charge is 2.15. The van der Waals surface area contributed by atoms with E-state index < -0.39 is 0 Å². The van der Waals surface area contributed by atoms with Crippen LogP contribution in [0.5, 0.6) is 0 Å². The van der Waals surface area contributed by atoms with Gasteiger partial charge in [0.25, 0.3) is 11.5 Å². The summed E-state index contributed by atoms with van der Waals surface area (Å²) in [6.45, 7) is 5.13. The van der Waals surface area contributed by atoms with Gasteiger partial charge in [0.15, 0.2) is 0 Å². The molecule has 25 heavy (non-hydrogen) atoms. The lowest BCUT2D eigenvalue weighted by atomic mass is 10.1. The van der Waals surface area contributed by atoms with Crippen LogP contribution in [0.2, 0.25) is 0 Å². The number of aryl methyl sites for hydroxylation is 1. The molecule has 1 aromatic carbocycles. The molecule has 134 valence electrons. The van der Waals surface area contributed by atoms with Crippen LogP contribution in [0, 0.1) is 0 Å². The zero-order valence-electron chi connectivity index (χ0n) is 14.8. The minimum atomic E-state index is -0.128. The zero-order valence-corrected chi connectivity index (χ0v) is 14.8. The number of hydrogen-bond acceptors (Lipinski definition) is 4. The molecule has 0 saturated carbocycles. The average Bonchev–Trinajstić information content (AvgIpc) is 2.86. The van der Waals surface area contributed by atoms with Crippen molar-refractivity contribution in [3.8, 4) is 0 Å². The van der Waals surface area contributed by atoms with Gasteiger partial charge < -0.3 is 10.6 Å². The zero-order chi connectivity index (χ0) is 17.6. The van der Waals surface area contributed by atoms with E-state index in [1.54, 1.807) is 22.8 Å². The van der Waals surface area contributed by atoms with Gasteiger partial charge in [0, 0.05) is 31.6 Å². The van der Waals surface area contributed by atoms with Crippen LogP contribution in [0.4, 0.5) is 0 Å². The monoisotopic (exact) mass is 342 g/mol. The molecule has 0 radical (unpaired) electrons. The Bertz CT molecular complexity index is 813. The number of hydrogen-bond donors (Lipinski definition) is 2. The highest BCUT2D eigenvalue weighted by Crippen LogP contribution is 2.16. The molecule has 1 aliphatic rings. The van der Waals surface area contributed by atoms with Gasteiger partial charge in [-0.2, -0.15) is 0 Å². The van der Waals surface area contributed by atoms with E-state index in [0.717, 1.165) is 57.6 Å². The maximum absolute atomic E-state index is 12.7. The van der Waals surface area contributed by atoms with Crippen molar-refractivity contribution in [1.82, 2.24) is 20.2 Å². The first-order valence-electron chi connectivity index (χ1n) is 9.23. The van der Waals surface area contributed by atoms with Crippen LogP contribution in [0.1, 0.15) is 48.8 Å². The van der Waals surface area contributed by atoms with Crippen LogP contribution in [-0.4, -0.2) is 35.1 Å². The first kappa shape index (κ1) is 17.6. The Morgan fingerprint density at radius 2 is 2.08 bits per heavy atom. The van der Waals surface area contributed by atoms with Gasteiger partial charge in [-0.05, 0) is 44.0 Å². The number of nitrogens with one attached hydrogen (secondary N) is 2. The number of aromatic nitrogens is 2. The summed E-state index contributed by atoms with van der Waals surface area (Å²) in [4.78, 5) is 29.7. The Kier molecular flexibility index (Phi) is 5.81. The Morgan fingerprint density at radius 1 is 1.20 bits per heavy atom. The molecule has 0 spiro atoms. The highest BCUT2D eigenvalue weighted by molar-refractivity contribution is 5.97. The van der Waals surface area contributed by atoms with E-state index in [1.165, 1.54) is 0 Å². The summed E-state index contributed by atoms with van der Waals surface area (Å²) < 4.78 is 1.80. The number of nitrogens with zero attached hydrogens (tertiary/aromatic N) is 2. The van der Waals surface area contributed by atoms with E-state index in [-0.39, 0.29) is 11.5 Å². The fourth-order valence-electron chi connectivity index (χ4n) is 3.23. The Balaban J connectivity index is 1.80. The van der Waals surface area contributed by atoms with Crippen molar-refractivity contribution in [2.24, 2.45) is 0 Å². The van der Waals surface area contributed by atoms with Crippen LogP contribution >= 0.6 is 0 Å². The van der Waals surface area contributed by atoms with Gasteiger partial charge in [-0.15, -0.1) is 0 Å². The van der Waals surface area contributed by atoms with E-state index in [0.29, 0.717) is 23.0 Å². The van der Waals surface area contributed by atoms with E-state index in [1.807, 2.05) is 0 Å². The smallest absolute Gasteiger partial charge is 0.261 e. The van der Waals surface area contributed by atoms with E-state index in [9.17, 15) is 9.59 Å². The molecular weight excluding hydrogens is 316 g/mol. The number of carbonyl (C=O) groups excluding carboxylic acids is 1. The van der Waals surface area contributed by atoms with Gasteiger partial charge in [-0.25, -0.2) is 4.98 Å². The first-order chi connectivity index (χ1) is 12.2. The van der Waals surface area contributed by atoms with Gasteiger partial charge in [-0.3, -0.25) is 14.2 Å². The third kappa shape index (κ3) is 4.07. The molecule has 1 amide bonds. The molecule has 2 aromatic rings. The predicted molar refractivity (Wildman–Crippen MR) is 99.1 cm³/mol. The largest absolute Gasteiger partial charge is 0.351 e. The van der Waals surface area contributed by atoms with Gasteiger partial charge in [0.1, 0.15) is 5.82 Å². The first-order valence-corrected chi connectivity index (χ1v) is 9.23. The van der Waals surface area contributed by atoms with Crippen molar-refractivity contribution in [1.29, 1.82) is 0 Å². The van der Waals surface area contributed by atoms with Crippen molar-refractivity contribution in [3.05, 3.63) is 39.9 Å². The molecule has 3 rings (SSSR count). The number of rotatable bonds is 6. The van der Waals surface area contributed by atoms with E-state index in [4.69, 9.17) is 0 Å². The second-order valence-electron chi connectivity index (χ2n) is 6.53. The Hall–Kier alpha value is -2.21. The summed E-state index contributed by atoms with van der Waals surface area (Å²) in [6, 6.07) is 5.17. The molecule has 0 fully saturated rings. The standard InChI is InChI=1S/C19H26N4O2/c1-2-9-20-10-11-21-18(24)14-7-8-15-16(13-14)22-17-6-4-3-5-12-23(17)19(15)25/h7-8,13,20H,2-6,9-12H2,1H3,(H,21,24). The van der Waals surface area contributed by atoms with Crippen LogP contribution in [0.3, 0.4) is 0 Å². The SMILES string of the molecule is CCCNCCNC(=O)c1ccc2c(=O)n3c(nc2c1)CCCCC3. The summed E-state index contributed by atoms with van der Waals surface area (Å²) in [5, 5.41) is 6.73. The lowest BCUT2D eigenvalue weighted by Crippen LogP contribution is -2.32. The number of fused-ring (bicyclic) bond motifs is 2. The molecule has 0 atom stereocenters. The fourth-order valence-corrected chi connectivity index (χ4v) is 3.23. The minimum absolute atomic E-state index is 0.0117. The lowest BCUT2D eigenvalue weighted by molar-refractivity contribution is 0.0954. The molecule has 0 saturated heterocycles. The van der Waals surface area contributed by atoms with Crippen LogP contribution in [0.15, 0.2) is 23.0 Å². The van der Waals surface area contributed by atoms with Gasteiger partial charge in [-0.1, -0.05) is 13.3 Å². The average molecular weight is 342 g/mol. The molecule has 1 aliphatic heterocycles. The third-order valence-electron chi connectivity index (χ3n) is 4.59. The fraction of sp³-hybridized carbons (Fsp3) is 0.526. The lowest BCUT2D eigenvalue weighted by Gasteiger charge is -2.11. The molecule has 0 unspecified atom stereocenters. The summed E-state index contributed by atoms with van der Waals surface area (Å²) in [6.07, 6.45) is 5.10. The molecule has 1 aromatic heterocycles. The maximum atomic E-state index is 12.7. The van der Waals surface area contributed by atoms with Crippen molar-refractivity contribution in [2.75, 3.05) is 19.6 Å². The normalized spacial score (nSPS) is 14.1. The maximum Gasteiger partial charge on any atom is 0.261 e. The van der Waals surface area contributed by atoms with Crippen molar-refractivity contribution in [3.63, 3.8) is 0 Å². The predicted octanol–water partition coefficient (Wildman–Crippen LogP) is 1.85. The Labute approximate surface area is 147 Å². The van der Waals surface area contributed by atoms with Gasteiger partial charge in [0.2, 0.25) is 0 Å². The number of amides is 1. The van der Waals surface area contributed by atoms with Gasteiger partial charge in [0.05, 0.1) is 10.9 Å². The topological polar surface area (TPSA) is 76.0 Å². The summed E-state index contributed by atoms with van der Waals surface area (Å²) in [5.41, 5.74) is 1.18. The summed E-state index contributed by atoms with van der Waals surface area (Å²) >= 11 is 0. The van der Waals surface area contributed by atoms with Crippen molar-refractivity contribution >= 4 is 16.8 Å². The quantitative estimate of drug-likeness (QED) is 0.786. The summed E-state index contributed by atoms with van der Waals surface area (Å²) in [7, 11) is 0. The number of benzene rings is 1. The molecule has 0 bridgehead atoms. The highest BCUT2D eigenvalue weighted by atomic mass is 16.1. The van der Waals surface area contributed by atoms with E-state index in [2.05, 4.69) is 22.5 Å². The van der Waals surface area contributed by atoms with Crippen molar-refractivity contribution < 1.29 is 4.79 Å². The van der Waals surface area contributed by atoms with Gasteiger partial charge >= 0.3 is 0 Å². The third-order valence-corrected chi connectivity index (χ3v) is 4.59. The summed E-state index contributed by atoms with van der Waals surface area (Å²) in [5.74, 6) is 0.716. The van der Waals surface area contributed by atoms with E-state index >= 15 is 0 Å². The minimum Gasteiger partial charge on any atom is -0.351 e. The molecule has 2 N–H and O–H groups in total. The number of carbonyl (C=O) groups is 1. The molecular formula is C19H26N4O2. The van der Waals surface area contributed by atoms with Crippen LogP contribution in [-0.2, 0) is 13.0 Å². The second kappa shape index (κ2) is 8.25. The van der Waals surface area contributed by atoms with Crippen LogP contribution in [0.25, 0.3) is 10.9 Å². The molecule has 0 aliphatic carbocycles. The molecule has 6 nitrogen and oxygen atoms in total. The Morgan fingerprint density at radius 3 is 2.92 bits per heavy atom. The van der Waals surface area contributed by atoms with Crippen molar-refractivity contribution in [2.45, 2.75) is 45.6 Å². The molecule has 6 heteroatoms. The second-order valence-corrected chi connectivity index (χ2v) is 6.53. The van der Waals surface area contributed by atoms with Crippen LogP contribution < -0.4 is 16.2 Å². The molecule has 2 heterocycles.